The molecule has 0 radical (unpaired) electrons. The molecule has 1 saturated heterocycles. The van der Waals surface area contributed by atoms with Gasteiger partial charge in [-0.2, -0.15) is 5.10 Å². The fraction of sp³-hybridized carbons (Fsp3) is 0.471. The first-order valence-electron chi connectivity index (χ1n) is 7.73. The third-order valence-electron chi connectivity index (χ3n) is 4.19. The number of hydrogen-bond acceptors (Lipinski definition) is 3. The van der Waals surface area contributed by atoms with Crippen LogP contribution in [0.4, 0.5) is 0 Å². The molecule has 21 heavy (non-hydrogen) atoms. The first-order valence-corrected chi connectivity index (χ1v) is 8.61. The van der Waals surface area contributed by atoms with E-state index in [1.54, 1.807) is 0 Å². The zero-order valence-electron chi connectivity index (χ0n) is 12.6. The average molecular weight is 301 g/mol. The van der Waals surface area contributed by atoms with E-state index in [0.717, 1.165) is 18.2 Å². The van der Waals surface area contributed by atoms with E-state index in [1.165, 1.54) is 42.0 Å². The van der Waals surface area contributed by atoms with Gasteiger partial charge in [-0.3, -0.25) is 5.10 Å². The number of nitrogens with one attached hydrogen (secondary N) is 1. The number of rotatable bonds is 5. The van der Waals surface area contributed by atoms with Gasteiger partial charge < -0.3 is 4.90 Å². The molecule has 1 fully saturated rings. The van der Waals surface area contributed by atoms with Crippen LogP contribution in [0.25, 0.3) is 0 Å². The Labute approximate surface area is 131 Å². The van der Waals surface area contributed by atoms with E-state index in [9.17, 15) is 0 Å². The quantitative estimate of drug-likeness (QED) is 0.917. The number of likely N-dealkylation sites (tertiary alicyclic amines) is 1. The molecule has 3 rings (SSSR count). The van der Waals surface area contributed by atoms with Crippen molar-refractivity contribution in [1.82, 2.24) is 15.1 Å². The summed E-state index contributed by atoms with van der Waals surface area (Å²) in [6.07, 6.45) is 7.63. The number of aromatic amines is 1. The molecule has 1 aliphatic rings. The molecule has 0 amide bonds. The molecule has 0 aliphatic carbocycles. The molecule has 1 aromatic carbocycles. The number of thioether (sulfide) groups is 1. The third-order valence-corrected chi connectivity index (χ3v) is 5.71. The maximum atomic E-state index is 4.01. The Morgan fingerprint density at radius 3 is 2.81 bits per heavy atom. The van der Waals surface area contributed by atoms with Gasteiger partial charge in [-0.15, -0.1) is 11.8 Å². The van der Waals surface area contributed by atoms with Crippen LogP contribution in [0.15, 0.2) is 41.6 Å². The van der Waals surface area contributed by atoms with Gasteiger partial charge in [-0.05, 0) is 56.5 Å². The molecule has 2 aromatic rings. The van der Waals surface area contributed by atoms with E-state index in [1.807, 2.05) is 12.4 Å². The summed E-state index contributed by atoms with van der Waals surface area (Å²) in [7, 11) is 0. The third kappa shape index (κ3) is 4.11. The van der Waals surface area contributed by atoms with Crippen molar-refractivity contribution >= 4 is 11.8 Å². The van der Waals surface area contributed by atoms with Crippen LogP contribution in [0.1, 0.15) is 24.0 Å². The number of piperidine rings is 1. The normalized spacial score (nSPS) is 17.2. The first-order chi connectivity index (χ1) is 10.3. The van der Waals surface area contributed by atoms with Gasteiger partial charge >= 0.3 is 0 Å². The van der Waals surface area contributed by atoms with Crippen LogP contribution in [0, 0.1) is 6.92 Å². The minimum atomic E-state index is 0.774. The topological polar surface area (TPSA) is 31.9 Å². The van der Waals surface area contributed by atoms with Gasteiger partial charge in [0.2, 0.25) is 0 Å². The Kier molecular flexibility index (Phi) is 4.99. The number of nitrogens with zero attached hydrogens (tertiary/aromatic N) is 2. The molecular weight excluding hydrogens is 278 g/mol. The Hall–Kier alpha value is -1.26. The van der Waals surface area contributed by atoms with Crippen LogP contribution in [-0.4, -0.2) is 40.0 Å². The highest BCUT2D eigenvalue weighted by atomic mass is 32.2. The summed E-state index contributed by atoms with van der Waals surface area (Å²) in [5, 5.41) is 7.67. The van der Waals surface area contributed by atoms with E-state index in [0.29, 0.717) is 0 Å². The summed E-state index contributed by atoms with van der Waals surface area (Å²) < 4.78 is 0. The van der Waals surface area contributed by atoms with E-state index >= 15 is 0 Å². The minimum absolute atomic E-state index is 0.774. The number of H-pyrrole nitrogens is 1. The fourth-order valence-corrected chi connectivity index (χ4v) is 4.04. The van der Waals surface area contributed by atoms with Crippen LogP contribution in [-0.2, 0) is 6.42 Å². The fourth-order valence-electron chi connectivity index (χ4n) is 2.82. The van der Waals surface area contributed by atoms with Crippen LogP contribution >= 0.6 is 11.8 Å². The summed E-state index contributed by atoms with van der Waals surface area (Å²) >= 11 is 2.07. The monoisotopic (exact) mass is 301 g/mol. The molecule has 1 aliphatic heterocycles. The SMILES string of the molecule is Cc1ccccc1SC1CCN(CCc2cn[nH]c2)CC1. The maximum absolute atomic E-state index is 4.01. The van der Waals surface area contributed by atoms with Gasteiger partial charge in [0.1, 0.15) is 0 Å². The summed E-state index contributed by atoms with van der Waals surface area (Å²) in [5.41, 5.74) is 2.72. The summed E-state index contributed by atoms with van der Waals surface area (Å²) in [6, 6.07) is 8.74. The van der Waals surface area contributed by atoms with Crippen LogP contribution in [0.3, 0.4) is 0 Å². The number of hydrogen-bond donors (Lipinski definition) is 1. The molecule has 0 bridgehead atoms. The molecule has 0 atom stereocenters. The second-order valence-electron chi connectivity index (χ2n) is 5.78. The number of aromatic nitrogens is 2. The summed E-state index contributed by atoms with van der Waals surface area (Å²) in [4.78, 5) is 4.04. The van der Waals surface area contributed by atoms with Crippen molar-refractivity contribution in [3.05, 3.63) is 47.8 Å². The highest BCUT2D eigenvalue weighted by molar-refractivity contribution is 8.00. The lowest BCUT2D eigenvalue weighted by Crippen LogP contribution is -2.36. The van der Waals surface area contributed by atoms with Crippen molar-refractivity contribution in [2.45, 2.75) is 36.3 Å². The van der Waals surface area contributed by atoms with E-state index in [2.05, 4.69) is 58.0 Å². The smallest absolute Gasteiger partial charge is 0.0519 e. The second kappa shape index (κ2) is 7.14. The molecular formula is C17H23N3S. The van der Waals surface area contributed by atoms with Crippen LogP contribution in [0.2, 0.25) is 0 Å². The molecule has 1 N–H and O–H groups in total. The van der Waals surface area contributed by atoms with Gasteiger partial charge in [0.25, 0.3) is 0 Å². The van der Waals surface area contributed by atoms with Gasteiger partial charge in [-0.1, -0.05) is 18.2 Å². The van der Waals surface area contributed by atoms with E-state index in [-0.39, 0.29) is 0 Å². The van der Waals surface area contributed by atoms with Crippen LogP contribution < -0.4 is 0 Å². The predicted molar refractivity (Wildman–Crippen MR) is 88.8 cm³/mol. The molecule has 1 aromatic heterocycles. The standard InChI is InChI=1S/C17H23N3S/c1-14-4-2-3-5-17(14)21-16-7-10-20(11-8-16)9-6-15-12-18-19-13-15/h2-5,12-13,16H,6-11H2,1H3,(H,18,19). The van der Waals surface area contributed by atoms with Crippen molar-refractivity contribution in [3.8, 4) is 0 Å². The highest BCUT2D eigenvalue weighted by Crippen LogP contribution is 2.32. The second-order valence-corrected chi connectivity index (χ2v) is 7.12. The molecule has 2 heterocycles. The van der Waals surface area contributed by atoms with Gasteiger partial charge in [0.15, 0.2) is 0 Å². The first kappa shape index (κ1) is 14.7. The lowest BCUT2D eigenvalue weighted by atomic mass is 10.1. The van der Waals surface area contributed by atoms with Crippen molar-refractivity contribution < 1.29 is 0 Å². The molecule has 0 unspecified atom stereocenters. The van der Waals surface area contributed by atoms with Crippen molar-refractivity contribution in [2.24, 2.45) is 0 Å². The maximum Gasteiger partial charge on any atom is 0.0519 e. The minimum Gasteiger partial charge on any atom is -0.303 e. The Morgan fingerprint density at radius 1 is 1.29 bits per heavy atom. The number of benzene rings is 1. The molecule has 4 heteroatoms. The summed E-state index contributed by atoms with van der Waals surface area (Å²) in [5.74, 6) is 0. The lowest BCUT2D eigenvalue weighted by molar-refractivity contribution is 0.235. The van der Waals surface area contributed by atoms with Gasteiger partial charge in [0, 0.05) is 22.9 Å². The average Bonchev–Trinajstić information content (AvgIpc) is 3.02. The molecule has 0 spiro atoms. The lowest BCUT2D eigenvalue weighted by Gasteiger charge is -2.31. The molecule has 3 nitrogen and oxygen atoms in total. The highest BCUT2D eigenvalue weighted by Gasteiger charge is 2.20. The zero-order valence-corrected chi connectivity index (χ0v) is 13.4. The van der Waals surface area contributed by atoms with Crippen LogP contribution in [0.5, 0.6) is 0 Å². The Bertz CT molecular complexity index is 545. The van der Waals surface area contributed by atoms with Gasteiger partial charge in [-0.25, -0.2) is 0 Å². The molecule has 0 saturated carbocycles. The largest absolute Gasteiger partial charge is 0.303 e. The summed E-state index contributed by atoms with van der Waals surface area (Å²) in [6.45, 7) is 5.81. The Balaban J connectivity index is 1.44. The Morgan fingerprint density at radius 2 is 2.10 bits per heavy atom. The molecule has 112 valence electrons. The van der Waals surface area contributed by atoms with E-state index in [4.69, 9.17) is 0 Å². The van der Waals surface area contributed by atoms with Crippen molar-refractivity contribution in [3.63, 3.8) is 0 Å². The van der Waals surface area contributed by atoms with Crippen molar-refractivity contribution in [1.29, 1.82) is 0 Å². The predicted octanol–water partition coefficient (Wildman–Crippen LogP) is 3.52. The van der Waals surface area contributed by atoms with Gasteiger partial charge in [0.05, 0.1) is 6.20 Å². The zero-order chi connectivity index (χ0) is 14.5. The van der Waals surface area contributed by atoms with Crippen molar-refractivity contribution in [2.75, 3.05) is 19.6 Å². The number of aryl methyl sites for hydroxylation is 1. The van der Waals surface area contributed by atoms with E-state index < -0.39 is 0 Å².